The van der Waals surface area contributed by atoms with Crippen LogP contribution >= 0.6 is 0 Å². The molecule has 2 heterocycles. The number of aromatic nitrogens is 2. The van der Waals surface area contributed by atoms with Gasteiger partial charge in [-0.1, -0.05) is 42.5 Å². The SMILES string of the molecule is O=C(O)CNC(=O)c1cn(Cc2ccccc2)c2ccc(-c3cccnc3)cc2c1=O. The maximum absolute atomic E-state index is 13.2. The van der Waals surface area contributed by atoms with Gasteiger partial charge in [0.05, 0.1) is 5.52 Å². The number of carbonyl (C=O) groups excluding carboxylic acids is 1. The minimum atomic E-state index is -1.18. The number of benzene rings is 2. The number of nitrogens with zero attached hydrogens (tertiary/aromatic N) is 2. The van der Waals surface area contributed by atoms with E-state index in [0.29, 0.717) is 17.4 Å². The van der Waals surface area contributed by atoms with Crippen LogP contribution in [0.4, 0.5) is 0 Å². The van der Waals surface area contributed by atoms with Crippen LogP contribution in [0.2, 0.25) is 0 Å². The first-order valence-corrected chi connectivity index (χ1v) is 9.64. The second-order valence-electron chi connectivity index (χ2n) is 7.04. The number of pyridine rings is 2. The van der Waals surface area contributed by atoms with Crippen LogP contribution in [-0.2, 0) is 11.3 Å². The Morgan fingerprint density at radius 1 is 1.00 bits per heavy atom. The summed E-state index contributed by atoms with van der Waals surface area (Å²) in [5.74, 6) is -1.90. The van der Waals surface area contributed by atoms with Gasteiger partial charge in [0.2, 0.25) is 5.43 Å². The van der Waals surface area contributed by atoms with Crippen molar-refractivity contribution in [2.45, 2.75) is 6.54 Å². The van der Waals surface area contributed by atoms with Crippen molar-refractivity contribution in [2.24, 2.45) is 0 Å². The van der Waals surface area contributed by atoms with E-state index >= 15 is 0 Å². The summed E-state index contributed by atoms with van der Waals surface area (Å²) >= 11 is 0. The third-order valence-electron chi connectivity index (χ3n) is 4.92. The molecule has 0 saturated carbocycles. The molecule has 0 saturated heterocycles. The summed E-state index contributed by atoms with van der Waals surface area (Å²) in [4.78, 5) is 40.7. The molecule has 2 aromatic carbocycles. The number of amides is 1. The van der Waals surface area contributed by atoms with E-state index in [-0.39, 0.29) is 5.56 Å². The molecule has 0 atom stereocenters. The molecule has 4 aromatic rings. The lowest BCUT2D eigenvalue weighted by molar-refractivity contribution is -0.135. The molecule has 0 aliphatic rings. The Labute approximate surface area is 177 Å². The highest BCUT2D eigenvalue weighted by Crippen LogP contribution is 2.23. The number of carboxylic acid groups (broad SMARTS) is 1. The van der Waals surface area contributed by atoms with Crippen molar-refractivity contribution < 1.29 is 14.7 Å². The highest BCUT2D eigenvalue weighted by molar-refractivity contribution is 5.99. The molecule has 0 unspecified atom stereocenters. The predicted octanol–water partition coefficient (Wildman–Crippen LogP) is 2.93. The maximum atomic E-state index is 13.2. The summed E-state index contributed by atoms with van der Waals surface area (Å²) in [5.41, 5.74) is 2.77. The van der Waals surface area contributed by atoms with E-state index < -0.39 is 23.9 Å². The lowest BCUT2D eigenvalue weighted by Gasteiger charge is -2.14. The molecule has 0 spiro atoms. The van der Waals surface area contributed by atoms with Crippen LogP contribution < -0.4 is 10.7 Å². The van der Waals surface area contributed by atoms with Gasteiger partial charge in [0.25, 0.3) is 5.91 Å². The third kappa shape index (κ3) is 4.35. The minimum Gasteiger partial charge on any atom is -0.480 e. The van der Waals surface area contributed by atoms with E-state index in [0.717, 1.165) is 16.7 Å². The van der Waals surface area contributed by atoms with Gasteiger partial charge in [-0.2, -0.15) is 0 Å². The predicted molar refractivity (Wildman–Crippen MR) is 117 cm³/mol. The molecule has 4 rings (SSSR count). The van der Waals surface area contributed by atoms with Gasteiger partial charge in [-0.15, -0.1) is 0 Å². The minimum absolute atomic E-state index is 0.104. The first-order valence-electron chi connectivity index (χ1n) is 9.64. The van der Waals surface area contributed by atoms with E-state index in [9.17, 15) is 14.4 Å². The number of aliphatic carboxylic acids is 1. The number of fused-ring (bicyclic) bond motifs is 1. The molecule has 31 heavy (non-hydrogen) atoms. The third-order valence-corrected chi connectivity index (χ3v) is 4.92. The highest BCUT2D eigenvalue weighted by Gasteiger charge is 2.17. The molecule has 0 bridgehead atoms. The van der Waals surface area contributed by atoms with Gasteiger partial charge in [0.15, 0.2) is 0 Å². The Hall–Kier alpha value is -4.26. The summed E-state index contributed by atoms with van der Waals surface area (Å²) in [6.07, 6.45) is 4.86. The summed E-state index contributed by atoms with van der Waals surface area (Å²) in [5, 5.41) is 11.5. The molecule has 7 heteroatoms. The fourth-order valence-corrected chi connectivity index (χ4v) is 3.43. The fourth-order valence-electron chi connectivity index (χ4n) is 3.43. The first kappa shape index (κ1) is 20.0. The largest absolute Gasteiger partial charge is 0.480 e. The van der Waals surface area contributed by atoms with Crippen molar-refractivity contribution in [3.8, 4) is 11.1 Å². The van der Waals surface area contributed by atoms with Crippen LogP contribution in [0.3, 0.4) is 0 Å². The van der Waals surface area contributed by atoms with Crippen molar-refractivity contribution in [1.29, 1.82) is 0 Å². The smallest absolute Gasteiger partial charge is 0.322 e. The summed E-state index contributed by atoms with van der Waals surface area (Å²) < 4.78 is 1.83. The van der Waals surface area contributed by atoms with Crippen molar-refractivity contribution in [3.63, 3.8) is 0 Å². The Kier molecular flexibility index (Phi) is 5.57. The monoisotopic (exact) mass is 413 g/mol. The molecule has 154 valence electrons. The summed E-state index contributed by atoms with van der Waals surface area (Å²) in [6, 6.07) is 18.9. The topological polar surface area (TPSA) is 101 Å². The van der Waals surface area contributed by atoms with E-state index in [2.05, 4.69) is 10.3 Å². The Morgan fingerprint density at radius 3 is 2.52 bits per heavy atom. The van der Waals surface area contributed by atoms with Gasteiger partial charge in [-0.25, -0.2) is 0 Å². The molecular formula is C24H19N3O4. The fraction of sp³-hybridized carbons (Fsp3) is 0.0833. The molecule has 0 radical (unpaired) electrons. The zero-order valence-corrected chi connectivity index (χ0v) is 16.5. The zero-order valence-electron chi connectivity index (χ0n) is 16.5. The lowest BCUT2D eigenvalue weighted by atomic mass is 10.0. The number of carbonyl (C=O) groups is 2. The van der Waals surface area contributed by atoms with Crippen LogP contribution in [-0.4, -0.2) is 33.1 Å². The van der Waals surface area contributed by atoms with Gasteiger partial charge in [0, 0.05) is 36.1 Å². The van der Waals surface area contributed by atoms with E-state index in [4.69, 9.17) is 5.11 Å². The molecule has 1 amide bonds. The van der Waals surface area contributed by atoms with Crippen LogP contribution in [0.1, 0.15) is 15.9 Å². The lowest BCUT2D eigenvalue weighted by Crippen LogP contribution is -2.33. The first-order chi connectivity index (χ1) is 15.0. The van der Waals surface area contributed by atoms with Crippen LogP contribution in [0.5, 0.6) is 0 Å². The van der Waals surface area contributed by atoms with Gasteiger partial charge in [-0.3, -0.25) is 19.4 Å². The van der Waals surface area contributed by atoms with Crippen LogP contribution in [0.15, 0.2) is 84.0 Å². The number of nitrogens with one attached hydrogen (secondary N) is 1. The molecular weight excluding hydrogens is 394 g/mol. The molecule has 0 fully saturated rings. The molecule has 0 aliphatic carbocycles. The second-order valence-corrected chi connectivity index (χ2v) is 7.04. The zero-order chi connectivity index (χ0) is 21.8. The highest BCUT2D eigenvalue weighted by atomic mass is 16.4. The Balaban J connectivity index is 1.88. The normalized spacial score (nSPS) is 10.7. The number of hydrogen-bond acceptors (Lipinski definition) is 4. The van der Waals surface area contributed by atoms with Crippen molar-refractivity contribution >= 4 is 22.8 Å². The average molecular weight is 413 g/mol. The quantitative estimate of drug-likeness (QED) is 0.506. The number of rotatable bonds is 6. The molecule has 2 N–H and O–H groups in total. The van der Waals surface area contributed by atoms with E-state index in [1.54, 1.807) is 18.5 Å². The second kappa shape index (κ2) is 8.62. The summed E-state index contributed by atoms with van der Waals surface area (Å²) in [7, 11) is 0. The Morgan fingerprint density at radius 2 is 1.81 bits per heavy atom. The van der Waals surface area contributed by atoms with Crippen molar-refractivity contribution in [1.82, 2.24) is 14.9 Å². The van der Waals surface area contributed by atoms with Gasteiger partial charge < -0.3 is 15.0 Å². The van der Waals surface area contributed by atoms with Gasteiger partial charge >= 0.3 is 5.97 Å². The van der Waals surface area contributed by atoms with Gasteiger partial charge in [-0.05, 0) is 29.3 Å². The summed E-state index contributed by atoms with van der Waals surface area (Å²) in [6.45, 7) is -0.117. The van der Waals surface area contributed by atoms with E-state index in [1.165, 1.54) is 6.20 Å². The van der Waals surface area contributed by atoms with Crippen LogP contribution in [0, 0.1) is 0 Å². The number of carboxylic acids is 1. The Bertz CT molecular complexity index is 1320. The average Bonchev–Trinajstić information content (AvgIpc) is 2.80. The maximum Gasteiger partial charge on any atom is 0.322 e. The number of hydrogen-bond donors (Lipinski definition) is 2. The molecule has 7 nitrogen and oxygen atoms in total. The standard InChI is InChI=1S/C24H19N3O4/c28-22(29)13-26-24(31)20-15-27(14-16-5-2-1-3-6-16)21-9-8-17(11-19(21)23(20)30)18-7-4-10-25-12-18/h1-12,15H,13-14H2,(H,26,31)(H,28,29). The van der Waals surface area contributed by atoms with Crippen LogP contribution in [0.25, 0.3) is 22.0 Å². The molecule has 2 aromatic heterocycles. The van der Waals surface area contributed by atoms with Gasteiger partial charge in [0.1, 0.15) is 12.1 Å². The van der Waals surface area contributed by atoms with Crippen molar-refractivity contribution in [2.75, 3.05) is 6.54 Å². The van der Waals surface area contributed by atoms with E-state index in [1.807, 2.05) is 59.2 Å². The molecule has 0 aliphatic heterocycles. The van der Waals surface area contributed by atoms with Crippen molar-refractivity contribution in [3.05, 3.63) is 101 Å².